The Kier molecular flexibility index (Phi) is 5.43. The predicted molar refractivity (Wildman–Crippen MR) is 116 cm³/mol. The first-order valence-electron chi connectivity index (χ1n) is 9.69. The fourth-order valence-electron chi connectivity index (χ4n) is 3.38. The first-order chi connectivity index (χ1) is 15.3. The van der Waals surface area contributed by atoms with Crippen molar-refractivity contribution >= 4 is 35.1 Å². The number of ether oxygens (including phenoxy) is 1. The number of carboxylic acids is 1. The summed E-state index contributed by atoms with van der Waals surface area (Å²) in [7, 11) is 0. The summed E-state index contributed by atoms with van der Waals surface area (Å²) in [5, 5.41) is 11.4. The van der Waals surface area contributed by atoms with Crippen molar-refractivity contribution in [3.8, 4) is 5.75 Å². The number of nitrogens with one attached hydrogen (secondary N) is 1. The molecule has 2 N–H and O–H groups in total. The summed E-state index contributed by atoms with van der Waals surface area (Å²) in [5.41, 5.74) is 2.43. The van der Waals surface area contributed by atoms with Crippen LogP contribution in [-0.2, 0) is 4.79 Å². The third kappa shape index (κ3) is 3.93. The number of aliphatic carboxylic acids is 1. The van der Waals surface area contributed by atoms with E-state index in [9.17, 15) is 19.2 Å². The van der Waals surface area contributed by atoms with Crippen LogP contribution in [0.1, 0.15) is 36.6 Å². The maximum absolute atomic E-state index is 12.8. The van der Waals surface area contributed by atoms with Gasteiger partial charge in [-0.15, -0.1) is 0 Å². The first kappa shape index (κ1) is 20.8. The summed E-state index contributed by atoms with van der Waals surface area (Å²) in [6.07, 6.45) is 0. The molecule has 0 saturated carbocycles. The molecule has 3 aromatic rings. The Hall–Kier alpha value is -4.46. The molecular weight excluding hydrogens is 412 g/mol. The van der Waals surface area contributed by atoms with Gasteiger partial charge in [-0.3, -0.25) is 14.4 Å². The van der Waals surface area contributed by atoms with Crippen LogP contribution in [0, 0.1) is 6.92 Å². The van der Waals surface area contributed by atoms with Crippen LogP contribution in [0.4, 0.5) is 11.4 Å². The largest absolute Gasteiger partial charge is 0.482 e. The number of carbonyl (C=O) groups is 4. The minimum Gasteiger partial charge on any atom is -0.482 e. The average Bonchev–Trinajstić information content (AvgIpc) is 3.04. The zero-order valence-corrected chi connectivity index (χ0v) is 17.0. The van der Waals surface area contributed by atoms with E-state index in [2.05, 4.69) is 5.32 Å². The van der Waals surface area contributed by atoms with E-state index in [-0.39, 0.29) is 5.56 Å². The molecule has 0 saturated heterocycles. The first-order valence-corrected chi connectivity index (χ1v) is 9.69. The number of aryl methyl sites for hydroxylation is 1. The summed E-state index contributed by atoms with van der Waals surface area (Å²) < 4.78 is 5.06. The standard InChI is InChI=1S/C24H18N2O6/c1-14-6-7-15(22(29)25-16-8-10-17(11-9-16)32-13-21(27)28)12-20(14)26-23(30)18-4-2-3-5-19(18)24(26)31/h2-12H,13H2,1H3,(H,25,29)(H,27,28). The second-order valence-electron chi connectivity index (χ2n) is 7.15. The lowest BCUT2D eigenvalue weighted by Gasteiger charge is -2.18. The molecule has 0 fully saturated rings. The van der Waals surface area contributed by atoms with Gasteiger partial charge in [0.15, 0.2) is 6.61 Å². The van der Waals surface area contributed by atoms with Crippen LogP contribution < -0.4 is 15.0 Å². The van der Waals surface area contributed by atoms with E-state index in [1.165, 1.54) is 18.2 Å². The number of rotatable bonds is 6. The van der Waals surface area contributed by atoms with E-state index < -0.39 is 30.3 Å². The van der Waals surface area contributed by atoms with Crippen molar-refractivity contribution in [1.82, 2.24) is 0 Å². The van der Waals surface area contributed by atoms with Crippen molar-refractivity contribution in [2.75, 3.05) is 16.8 Å². The normalized spacial score (nSPS) is 12.5. The Morgan fingerprint density at radius 2 is 1.56 bits per heavy atom. The molecule has 0 spiro atoms. The SMILES string of the molecule is Cc1ccc(C(=O)Nc2ccc(OCC(=O)O)cc2)cc1N1C(=O)c2ccccc2C1=O. The predicted octanol–water partition coefficient (Wildman–Crippen LogP) is 3.51. The number of amides is 3. The number of carbonyl (C=O) groups excluding carboxylic acids is 3. The monoisotopic (exact) mass is 430 g/mol. The molecule has 4 rings (SSSR count). The molecular formula is C24H18N2O6. The fraction of sp³-hybridized carbons (Fsp3) is 0.0833. The highest BCUT2D eigenvalue weighted by Crippen LogP contribution is 2.31. The van der Waals surface area contributed by atoms with Crippen LogP contribution in [-0.4, -0.2) is 35.4 Å². The molecule has 0 atom stereocenters. The van der Waals surface area contributed by atoms with Crippen molar-refractivity contribution < 1.29 is 29.0 Å². The van der Waals surface area contributed by atoms with Crippen LogP contribution >= 0.6 is 0 Å². The van der Waals surface area contributed by atoms with E-state index in [1.807, 2.05) is 0 Å². The highest BCUT2D eigenvalue weighted by atomic mass is 16.5. The van der Waals surface area contributed by atoms with Crippen LogP contribution in [0.3, 0.4) is 0 Å². The Morgan fingerprint density at radius 3 is 2.16 bits per heavy atom. The number of nitrogens with zero attached hydrogens (tertiary/aromatic N) is 1. The number of benzene rings is 3. The summed E-state index contributed by atoms with van der Waals surface area (Å²) in [6.45, 7) is 1.30. The molecule has 8 nitrogen and oxygen atoms in total. The number of imide groups is 1. The Morgan fingerprint density at radius 1 is 0.938 bits per heavy atom. The van der Waals surface area contributed by atoms with Gasteiger partial charge in [0.25, 0.3) is 17.7 Å². The molecule has 1 aliphatic heterocycles. The van der Waals surface area contributed by atoms with Gasteiger partial charge in [-0.25, -0.2) is 9.69 Å². The molecule has 160 valence electrons. The Bertz CT molecular complexity index is 1210. The number of carboxylic acid groups (broad SMARTS) is 1. The number of fused-ring (bicyclic) bond motifs is 1. The van der Waals surface area contributed by atoms with Gasteiger partial charge in [0, 0.05) is 11.3 Å². The number of hydrogen-bond donors (Lipinski definition) is 2. The molecule has 0 unspecified atom stereocenters. The molecule has 1 heterocycles. The van der Waals surface area contributed by atoms with Crippen LogP contribution in [0.25, 0.3) is 0 Å². The third-order valence-electron chi connectivity index (χ3n) is 4.98. The van der Waals surface area contributed by atoms with Crippen molar-refractivity contribution in [3.05, 3.63) is 89.0 Å². The van der Waals surface area contributed by atoms with Gasteiger partial charge < -0.3 is 15.2 Å². The Labute approximate surface area is 183 Å². The van der Waals surface area contributed by atoms with Gasteiger partial charge in [0.1, 0.15) is 5.75 Å². The molecule has 32 heavy (non-hydrogen) atoms. The van der Waals surface area contributed by atoms with Crippen molar-refractivity contribution in [2.24, 2.45) is 0 Å². The van der Waals surface area contributed by atoms with E-state index in [0.717, 1.165) is 4.90 Å². The molecule has 0 aliphatic carbocycles. The zero-order valence-electron chi connectivity index (χ0n) is 17.0. The summed E-state index contributed by atoms with van der Waals surface area (Å²) in [4.78, 5) is 50.1. The maximum atomic E-state index is 12.8. The number of anilines is 2. The van der Waals surface area contributed by atoms with Crippen molar-refractivity contribution in [1.29, 1.82) is 0 Å². The van der Waals surface area contributed by atoms with Crippen LogP contribution in [0.15, 0.2) is 66.7 Å². The van der Waals surface area contributed by atoms with Gasteiger partial charge in [0.05, 0.1) is 16.8 Å². The molecule has 0 aromatic heterocycles. The van der Waals surface area contributed by atoms with E-state index in [0.29, 0.717) is 33.8 Å². The summed E-state index contributed by atoms with van der Waals surface area (Å²) in [6, 6.07) is 17.6. The molecule has 8 heteroatoms. The van der Waals surface area contributed by atoms with Gasteiger partial charge >= 0.3 is 5.97 Å². The highest BCUT2D eigenvalue weighted by Gasteiger charge is 2.37. The van der Waals surface area contributed by atoms with Crippen LogP contribution in [0.5, 0.6) is 5.75 Å². The molecule has 0 bridgehead atoms. The molecule has 3 amide bonds. The topological polar surface area (TPSA) is 113 Å². The minimum atomic E-state index is -1.09. The molecule has 1 aliphatic rings. The second-order valence-corrected chi connectivity index (χ2v) is 7.15. The summed E-state index contributed by atoms with van der Waals surface area (Å²) in [5.74, 6) is -2.02. The van der Waals surface area contributed by atoms with Crippen molar-refractivity contribution in [3.63, 3.8) is 0 Å². The third-order valence-corrected chi connectivity index (χ3v) is 4.98. The lowest BCUT2D eigenvalue weighted by Crippen LogP contribution is -2.30. The smallest absolute Gasteiger partial charge is 0.341 e. The highest BCUT2D eigenvalue weighted by molar-refractivity contribution is 6.34. The fourth-order valence-corrected chi connectivity index (χ4v) is 3.38. The van der Waals surface area contributed by atoms with E-state index in [1.54, 1.807) is 55.5 Å². The minimum absolute atomic E-state index is 0.272. The average molecular weight is 430 g/mol. The maximum Gasteiger partial charge on any atom is 0.341 e. The number of hydrogen-bond acceptors (Lipinski definition) is 5. The van der Waals surface area contributed by atoms with E-state index in [4.69, 9.17) is 9.84 Å². The van der Waals surface area contributed by atoms with Gasteiger partial charge in [0.2, 0.25) is 0 Å². The van der Waals surface area contributed by atoms with E-state index >= 15 is 0 Å². The van der Waals surface area contributed by atoms with Gasteiger partial charge in [-0.1, -0.05) is 18.2 Å². The van der Waals surface area contributed by atoms with Crippen LogP contribution in [0.2, 0.25) is 0 Å². The van der Waals surface area contributed by atoms with Gasteiger partial charge in [-0.2, -0.15) is 0 Å². The lowest BCUT2D eigenvalue weighted by atomic mass is 10.1. The lowest BCUT2D eigenvalue weighted by molar-refractivity contribution is -0.139. The van der Waals surface area contributed by atoms with Gasteiger partial charge in [-0.05, 0) is 61.0 Å². The molecule has 3 aromatic carbocycles. The van der Waals surface area contributed by atoms with Crippen molar-refractivity contribution in [2.45, 2.75) is 6.92 Å². The Balaban J connectivity index is 1.54. The second kappa shape index (κ2) is 8.35. The molecule has 0 radical (unpaired) electrons. The summed E-state index contributed by atoms with van der Waals surface area (Å²) >= 11 is 0. The zero-order chi connectivity index (χ0) is 22.8. The quantitative estimate of drug-likeness (QED) is 0.579.